The number of rotatable bonds is 6. The molecule has 1 unspecified atom stereocenters. The maximum atomic E-state index is 9.97. The molecule has 0 aliphatic heterocycles. The Morgan fingerprint density at radius 1 is 1.35 bits per heavy atom. The number of aliphatic hydroxyl groups is 1. The normalized spacial score (nSPS) is 17.9. The second-order valence-corrected chi connectivity index (χ2v) is 6.45. The van der Waals surface area contributed by atoms with Crippen molar-refractivity contribution in [3.05, 3.63) is 28.2 Å². The minimum atomic E-state index is -0.461. The predicted molar refractivity (Wildman–Crippen MR) is 86.2 cm³/mol. The summed E-state index contributed by atoms with van der Waals surface area (Å²) in [6, 6.07) is 6.11. The first-order valence-corrected chi connectivity index (χ1v) is 8.24. The molecule has 0 spiro atoms. The minimum Gasteiger partial charge on any atom is -0.389 e. The molecule has 1 atom stereocenters. The zero-order valence-electron chi connectivity index (χ0n) is 12.1. The highest BCUT2D eigenvalue weighted by Gasteiger charge is 2.15. The minimum absolute atomic E-state index is 0.354. The standard InChI is InChI=1S/C16H24BrNO2/c1-12-7-8-13(9-16(12)17)18-10-14(19)11-20-15-5-3-2-4-6-15/h7-9,14-15,18-19H,2-6,10-11H2,1H3. The van der Waals surface area contributed by atoms with Gasteiger partial charge in [-0.05, 0) is 37.5 Å². The third-order valence-corrected chi connectivity index (χ3v) is 4.64. The van der Waals surface area contributed by atoms with Gasteiger partial charge in [-0.2, -0.15) is 0 Å². The van der Waals surface area contributed by atoms with Crippen molar-refractivity contribution in [1.82, 2.24) is 0 Å². The fourth-order valence-corrected chi connectivity index (χ4v) is 2.86. The fourth-order valence-electron chi connectivity index (χ4n) is 2.48. The highest BCUT2D eigenvalue weighted by molar-refractivity contribution is 9.10. The number of halogens is 1. The molecule has 1 fully saturated rings. The second kappa shape index (κ2) is 8.01. The number of aryl methyl sites for hydroxylation is 1. The van der Waals surface area contributed by atoms with Crippen LogP contribution < -0.4 is 5.32 Å². The summed E-state index contributed by atoms with van der Waals surface area (Å²) in [7, 11) is 0. The largest absolute Gasteiger partial charge is 0.389 e. The lowest BCUT2D eigenvalue weighted by Crippen LogP contribution is -2.28. The Morgan fingerprint density at radius 2 is 2.10 bits per heavy atom. The van der Waals surface area contributed by atoms with E-state index in [9.17, 15) is 5.11 Å². The number of benzene rings is 1. The Balaban J connectivity index is 1.68. The Bertz CT molecular complexity index is 419. The van der Waals surface area contributed by atoms with Crippen LogP contribution in [0.3, 0.4) is 0 Å². The van der Waals surface area contributed by atoms with E-state index in [2.05, 4.69) is 34.2 Å². The molecule has 0 heterocycles. The molecule has 3 nitrogen and oxygen atoms in total. The van der Waals surface area contributed by atoms with Crippen molar-refractivity contribution < 1.29 is 9.84 Å². The van der Waals surface area contributed by atoms with E-state index in [0.717, 1.165) is 23.0 Å². The second-order valence-electron chi connectivity index (χ2n) is 5.59. The van der Waals surface area contributed by atoms with E-state index in [0.29, 0.717) is 19.3 Å². The number of hydrogen-bond donors (Lipinski definition) is 2. The highest BCUT2D eigenvalue weighted by Crippen LogP contribution is 2.21. The summed E-state index contributed by atoms with van der Waals surface area (Å²) in [5, 5.41) is 13.2. The Kier molecular flexibility index (Phi) is 6.33. The topological polar surface area (TPSA) is 41.5 Å². The molecular weight excluding hydrogens is 318 g/mol. The molecular formula is C16H24BrNO2. The van der Waals surface area contributed by atoms with Gasteiger partial charge in [0.05, 0.1) is 18.8 Å². The van der Waals surface area contributed by atoms with Crippen molar-refractivity contribution in [2.45, 2.75) is 51.2 Å². The molecule has 20 heavy (non-hydrogen) atoms. The van der Waals surface area contributed by atoms with Crippen LogP contribution in [0.4, 0.5) is 5.69 Å². The molecule has 1 aliphatic rings. The number of aliphatic hydroxyl groups excluding tert-OH is 1. The van der Waals surface area contributed by atoms with E-state index in [1.807, 2.05) is 12.1 Å². The van der Waals surface area contributed by atoms with Crippen LogP contribution in [0.2, 0.25) is 0 Å². The number of anilines is 1. The summed E-state index contributed by atoms with van der Waals surface area (Å²) in [5.41, 5.74) is 2.22. The Hall–Kier alpha value is -0.580. The van der Waals surface area contributed by atoms with Crippen molar-refractivity contribution in [3.8, 4) is 0 Å². The average molecular weight is 342 g/mol. The predicted octanol–water partition coefficient (Wildman–Crippen LogP) is 3.88. The van der Waals surface area contributed by atoms with Crippen molar-refractivity contribution in [2.24, 2.45) is 0 Å². The first kappa shape index (κ1) is 15.8. The Labute approximate surface area is 129 Å². The zero-order chi connectivity index (χ0) is 14.4. The van der Waals surface area contributed by atoms with Crippen LogP contribution in [0, 0.1) is 6.92 Å². The maximum absolute atomic E-state index is 9.97. The molecule has 0 saturated heterocycles. The quantitative estimate of drug-likeness (QED) is 0.824. The third kappa shape index (κ3) is 5.08. The van der Waals surface area contributed by atoms with Crippen molar-refractivity contribution in [1.29, 1.82) is 0 Å². The van der Waals surface area contributed by atoms with Gasteiger partial charge in [0.25, 0.3) is 0 Å². The van der Waals surface area contributed by atoms with Gasteiger partial charge >= 0.3 is 0 Å². The number of ether oxygens (including phenoxy) is 1. The van der Waals surface area contributed by atoms with Crippen LogP contribution in [0.5, 0.6) is 0 Å². The lowest BCUT2D eigenvalue weighted by atomic mass is 9.98. The molecule has 1 saturated carbocycles. The van der Waals surface area contributed by atoms with Crippen LogP contribution >= 0.6 is 15.9 Å². The Morgan fingerprint density at radius 3 is 2.80 bits per heavy atom. The lowest BCUT2D eigenvalue weighted by Gasteiger charge is -2.23. The van der Waals surface area contributed by atoms with E-state index in [1.54, 1.807) is 0 Å². The van der Waals surface area contributed by atoms with Crippen LogP contribution in [0.1, 0.15) is 37.7 Å². The smallest absolute Gasteiger partial charge is 0.0945 e. The highest BCUT2D eigenvalue weighted by atomic mass is 79.9. The van der Waals surface area contributed by atoms with Gasteiger partial charge in [-0.1, -0.05) is 41.3 Å². The first-order chi connectivity index (χ1) is 9.65. The first-order valence-electron chi connectivity index (χ1n) is 7.45. The molecule has 0 radical (unpaired) electrons. The average Bonchev–Trinajstić information content (AvgIpc) is 2.47. The van der Waals surface area contributed by atoms with Gasteiger partial charge in [-0.25, -0.2) is 0 Å². The van der Waals surface area contributed by atoms with Crippen LogP contribution in [0.15, 0.2) is 22.7 Å². The van der Waals surface area contributed by atoms with Crippen molar-refractivity contribution in [3.63, 3.8) is 0 Å². The van der Waals surface area contributed by atoms with E-state index >= 15 is 0 Å². The zero-order valence-corrected chi connectivity index (χ0v) is 13.7. The van der Waals surface area contributed by atoms with Crippen molar-refractivity contribution >= 4 is 21.6 Å². The van der Waals surface area contributed by atoms with E-state index in [1.165, 1.54) is 24.8 Å². The van der Waals surface area contributed by atoms with Gasteiger partial charge in [0, 0.05) is 16.7 Å². The van der Waals surface area contributed by atoms with Gasteiger partial charge in [0.2, 0.25) is 0 Å². The molecule has 1 aliphatic carbocycles. The fraction of sp³-hybridized carbons (Fsp3) is 0.625. The maximum Gasteiger partial charge on any atom is 0.0945 e. The summed E-state index contributed by atoms with van der Waals surface area (Å²) in [6.07, 6.45) is 6.03. The van der Waals surface area contributed by atoms with Crippen LogP contribution in [0.25, 0.3) is 0 Å². The van der Waals surface area contributed by atoms with Gasteiger partial charge < -0.3 is 15.2 Å². The van der Waals surface area contributed by atoms with Gasteiger partial charge in [-0.3, -0.25) is 0 Å². The van der Waals surface area contributed by atoms with Gasteiger partial charge in [-0.15, -0.1) is 0 Å². The summed E-state index contributed by atoms with van der Waals surface area (Å²) in [5.74, 6) is 0. The molecule has 1 aromatic carbocycles. The summed E-state index contributed by atoms with van der Waals surface area (Å²) >= 11 is 3.51. The molecule has 0 bridgehead atoms. The van der Waals surface area contributed by atoms with Gasteiger partial charge in [0.15, 0.2) is 0 Å². The number of hydrogen-bond acceptors (Lipinski definition) is 3. The molecule has 0 amide bonds. The monoisotopic (exact) mass is 341 g/mol. The van der Waals surface area contributed by atoms with E-state index in [-0.39, 0.29) is 0 Å². The van der Waals surface area contributed by atoms with Crippen LogP contribution in [-0.2, 0) is 4.74 Å². The van der Waals surface area contributed by atoms with Gasteiger partial charge in [0.1, 0.15) is 0 Å². The number of nitrogens with one attached hydrogen (secondary N) is 1. The van der Waals surface area contributed by atoms with Crippen molar-refractivity contribution in [2.75, 3.05) is 18.5 Å². The SMILES string of the molecule is Cc1ccc(NCC(O)COC2CCCCC2)cc1Br. The molecule has 2 N–H and O–H groups in total. The summed E-state index contributed by atoms with van der Waals surface area (Å²) < 4.78 is 6.86. The molecule has 4 heteroatoms. The van der Waals surface area contributed by atoms with E-state index < -0.39 is 6.10 Å². The lowest BCUT2D eigenvalue weighted by molar-refractivity contribution is -0.0195. The molecule has 112 valence electrons. The summed E-state index contributed by atoms with van der Waals surface area (Å²) in [4.78, 5) is 0. The van der Waals surface area contributed by atoms with E-state index in [4.69, 9.17) is 4.74 Å². The molecule has 0 aromatic heterocycles. The van der Waals surface area contributed by atoms with Crippen LogP contribution in [-0.4, -0.2) is 30.5 Å². The molecule has 1 aromatic rings. The third-order valence-electron chi connectivity index (χ3n) is 3.79. The molecule has 2 rings (SSSR count). The summed E-state index contributed by atoms with van der Waals surface area (Å²) in [6.45, 7) is 2.99.